The van der Waals surface area contributed by atoms with Gasteiger partial charge in [-0.3, -0.25) is 4.79 Å². The third-order valence-electron chi connectivity index (χ3n) is 2.45. The lowest BCUT2D eigenvalue weighted by molar-refractivity contribution is -0.115. The number of rotatable bonds is 5. The molecule has 19 heavy (non-hydrogen) atoms. The number of benzene rings is 1. The summed E-state index contributed by atoms with van der Waals surface area (Å²) in [6, 6.07) is 4.75. The van der Waals surface area contributed by atoms with E-state index < -0.39 is 10.0 Å². The third-order valence-corrected chi connectivity index (χ3v) is 4.01. The molecule has 6 nitrogen and oxygen atoms in total. The number of carbonyl (C=O) groups is 1. The summed E-state index contributed by atoms with van der Waals surface area (Å²) >= 11 is 0. The Bertz CT molecular complexity index is 546. The maximum absolute atomic E-state index is 11.7. The second kappa shape index (κ2) is 7.44. The molecule has 0 aromatic heterocycles. The normalized spacial score (nSPS) is 10.7. The lowest BCUT2D eigenvalue weighted by Gasteiger charge is -2.12. The van der Waals surface area contributed by atoms with Crippen molar-refractivity contribution in [2.24, 2.45) is 0 Å². The lowest BCUT2D eigenvalue weighted by Crippen LogP contribution is -2.26. The van der Waals surface area contributed by atoms with Gasteiger partial charge < -0.3 is 10.6 Å². The van der Waals surface area contributed by atoms with Crippen LogP contribution in [0.4, 0.5) is 5.69 Å². The van der Waals surface area contributed by atoms with Crippen molar-refractivity contribution in [3.05, 3.63) is 23.8 Å². The van der Waals surface area contributed by atoms with Crippen LogP contribution >= 0.6 is 12.4 Å². The number of nitrogens with one attached hydrogen (secondary N) is 3. The summed E-state index contributed by atoms with van der Waals surface area (Å²) in [5, 5.41) is 5.37. The SMILES string of the molecule is CNCC(=O)Nc1cccc(S(=O)(=O)NC)c1C.Cl. The van der Waals surface area contributed by atoms with Crippen molar-refractivity contribution >= 4 is 34.0 Å². The Kier molecular flexibility index (Phi) is 6.99. The molecule has 1 amide bonds. The van der Waals surface area contributed by atoms with E-state index in [4.69, 9.17) is 0 Å². The molecule has 0 aliphatic rings. The molecular weight excluding hydrogens is 290 g/mol. The Hall–Kier alpha value is -1.15. The molecule has 0 bridgehead atoms. The van der Waals surface area contributed by atoms with Gasteiger partial charge in [-0.2, -0.15) is 0 Å². The predicted octanol–water partition coefficient (Wildman–Crippen LogP) is 0.483. The van der Waals surface area contributed by atoms with Gasteiger partial charge in [-0.25, -0.2) is 13.1 Å². The summed E-state index contributed by atoms with van der Waals surface area (Å²) < 4.78 is 25.7. The maximum Gasteiger partial charge on any atom is 0.240 e. The van der Waals surface area contributed by atoms with Gasteiger partial charge in [-0.15, -0.1) is 12.4 Å². The van der Waals surface area contributed by atoms with Gasteiger partial charge in [0.2, 0.25) is 15.9 Å². The minimum absolute atomic E-state index is 0. The van der Waals surface area contributed by atoms with Crippen LogP contribution in [0.2, 0.25) is 0 Å². The van der Waals surface area contributed by atoms with E-state index in [0.29, 0.717) is 11.3 Å². The van der Waals surface area contributed by atoms with Gasteiger partial charge in [-0.1, -0.05) is 6.07 Å². The van der Waals surface area contributed by atoms with Crippen LogP contribution in [0, 0.1) is 6.92 Å². The molecule has 0 atom stereocenters. The van der Waals surface area contributed by atoms with E-state index in [1.54, 1.807) is 26.1 Å². The molecule has 0 saturated heterocycles. The summed E-state index contributed by atoms with van der Waals surface area (Å²) in [5.41, 5.74) is 1.00. The highest BCUT2D eigenvalue weighted by molar-refractivity contribution is 7.89. The smallest absolute Gasteiger partial charge is 0.240 e. The third kappa shape index (κ3) is 4.46. The average molecular weight is 308 g/mol. The van der Waals surface area contributed by atoms with Gasteiger partial charge in [0.1, 0.15) is 0 Å². The topological polar surface area (TPSA) is 87.3 Å². The number of carbonyl (C=O) groups excluding carboxylic acids is 1. The fourth-order valence-electron chi connectivity index (χ4n) is 1.51. The monoisotopic (exact) mass is 307 g/mol. The van der Waals surface area contributed by atoms with Crippen LogP contribution in [0.3, 0.4) is 0 Å². The molecular formula is C11H18ClN3O3S. The second-order valence-corrected chi connectivity index (χ2v) is 5.57. The molecule has 0 radical (unpaired) electrons. The predicted molar refractivity (Wildman–Crippen MR) is 77.2 cm³/mol. The standard InChI is InChI=1S/C11H17N3O3S.ClH/c1-8-9(14-11(15)7-12-2)5-4-6-10(8)18(16,17)13-3;/h4-6,12-13H,7H2,1-3H3,(H,14,15);1H. The Morgan fingerprint density at radius 1 is 1.26 bits per heavy atom. The molecule has 0 saturated carbocycles. The summed E-state index contributed by atoms with van der Waals surface area (Å²) in [6.07, 6.45) is 0. The minimum atomic E-state index is -3.52. The fourth-order valence-corrected chi connectivity index (χ4v) is 2.50. The Labute approximate surface area is 119 Å². The zero-order valence-electron chi connectivity index (χ0n) is 11.0. The van der Waals surface area contributed by atoms with Crippen LogP contribution in [0.15, 0.2) is 23.1 Å². The van der Waals surface area contributed by atoms with E-state index in [0.717, 1.165) is 0 Å². The first kappa shape index (κ1) is 17.8. The first-order valence-corrected chi connectivity index (χ1v) is 6.88. The Morgan fingerprint density at radius 3 is 2.42 bits per heavy atom. The van der Waals surface area contributed by atoms with E-state index in [1.165, 1.54) is 13.1 Å². The van der Waals surface area contributed by atoms with E-state index in [9.17, 15) is 13.2 Å². The molecule has 1 aromatic rings. The molecule has 8 heteroatoms. The van der Waals surface area contributed by atoms with Crippen LogP contribution < -0.4 is 15.4 Å². The van der Waals surface area contributed by atoms with Crippen molar-refractivity contribution < 1.29 is 13.2 Å². The van der Waals surface area contributed by atoms with Gasteiger partial charge in [0.25, 0.3) is 0 Å². The van der Waals surface area contributed by atoms with Gasteiger partial charge in [0, 0.05) is 5.69 Å². The van der Waals surface area contributed by atoms with Crippen LogP contribution in [-0.2, 0) is 14.8 Å². The molecule has 0 unspecified atom stereocenters. The first-order chi connectivity index (χ1) is 8.42. The van der Waals surface area contributed by atoms with Crippen molar-refractivity contribution in [2.45, 2.75) is 11.8 Å². The van der Waals surface area contributed by atoms with Crippen molar-refractivity contribution in [1.82, 2.24) is 10.0 Å². The Balaban J connectivity index is 0.00000324. The maximum atomic E-state index is 11.7. The zero-order chi connectivity index (χ0) is 13.8. The molecule has 0 heterocycles. The van der Waals surface area contributed by atoms with Gasteiger partial charge in [0.15, 0.2) is 0 Å². The molecule has 1 rings (SSSR count). The highest BCUT2D eigenvalue weighted by atomic mass is 35.5. The number of likely N-dealkylation sites (N-methyl/N-ethyl adjacent to an activating group) is 1. The Morgan fingerprint density at radius 2 is 1.89 bits per heavy atom. The highest BCUT2D eigenvalue weighted by Gasteiger charge is 2.16. The van der Waals surface area contributed by atoms with Crippen LogP contribution in [0.5, 0.6) is 0 Å². The van der Waals surface area contributed by atoms with Crippen molar-refractivity contribution in [1.29, 1.82) is 0 Å². The molecule has 0 aliphatic heterocycles. The zero-order valence-corrected chi connectivity index (χ0v) is 12.6. The highest BCUT2D eigenvalue weighted by Crippen LogP contribution is 2.22. The molecule has 3 N–H and O–H groups in total. The van der Waals surface area contributed by atoms with Crippen LogP contribution in [-0.4, -0.2) is 35.0 Å². The van der Waals surface area contributed by atoms with Crippen molar-refractivity contribution in [2.75, 3.05) is 26.0 Å². The quantitative estimate of drug-likeness (QED) is 0.738. The van der Waals surface area contributed by atoms with E-state index in [-0.39, 0.29) is 29.8 Å². The van der Waals surface area contributed by atoms with Gasteiger partial charge in [0.05, 0.1) is 11.4 Å². The van der Waals surface area contributed by atoms with Gasteiger partial charge >= 0.3 is 0 Å². The fraction of sp³-hybridized carbons (Fsp3) is 0.364. The number of anilines is 1. The second-order valence-electron chi connectivity index (χ2n) is 3.71. The summed E-state index contributed by atoms with van der Waals surface area (Å²) in [4.78, 5) is 11.6. The number of hydrogen-bond donors (Lipinski definition) is 3. The molecule has 0 aliphatic carbocycles. The van der Waals surface area contributed by atoms with Crippen molar-refractivity contribution in [3.63, 3.8) is 0 Å². The van der Waals surface area contributed by atoms with Gasteiger partial charge in [-0.05, 0) is 38.7 Å². The minimum Gasteiger partial charge on any atom is -0.325 e. The van der Waals surface area contributed by atoms with Crippen molar-refractivity contribution in [3.8, 4) is 0 Å². The van der Waals surface area contributed by atoms with Crippen LogP contribution in [0.1, 0.15) is 5.56 Å². The van der Waals surface area contributed by atoms with E-state index in [2.05, 4.69) is 15.4 Å². The molecule has 1 aromatic carbocycles. The van der Waals surface area contributed by atoms with Crippen LogP contribution in [0.25, 0.3) is 0 Å². The summed E-state index contributed by atoms with van der Waals surface area (Å²) in [6.45, 7) is 1.82. The van der Waals surface area contributed by atoms with E-state index in [1.807, 2.05) is 0 Å². The number of sulfonamides is 1. The van der Waals surface area contributed by atoms with E-state index >= 15 is 0 Å². The summed E-state index contributed by atoms with van der Waals surface area (Å²) in [7, 11) is -0.507. The first-order valence-electron chi connectivity index (χ1n) is 5.40. The lowest BCUT2D eigenvalue weighted by atomic mass is 10.2. The molecule has 0 fully saturated rings. The largest absolute Gasteiger partial charge is 0.325 e. The molecule has 0 spiro atoms. The number of amides is 1. The number of halogens is 1. The molecule has 108 valence electrons. The average Bonchev–Trinajstić information content (AvgIpc) is 2.32. The summed E-state index contributed by atoms with van der Waals surface area (Å²) in [5.74, 6) is -0.223. The number of hydrogen-bond acceptors (Lipinski definition) is 4.